The highest BCUT2D eigenvalue weighted by molar-refractivity contribution is 5.81. The smallest absolute Gasteiger partial charge is 0.0482 e. The van der Waals surface area contributed by atoms with E-state index in [4.69, 9.17) is 0 Å². The molecule has 2 heteroatoms. The molecule has 92 valence electrons. The molecule has 0 aliphatic rings. The topological polar surface area (TPSA) is 17.0 Å². The molecule has 0 aliphatic carbocycles. The second kappa shape index (κ2) is 5.37. The molecular weight excluding hydrogens is 208 g/mol. The fourth-order valence-electron chi connectivity index (χ4n) is 2.21. The number of aryl methyl sites for hydroxylation is 1. The van der Waals surface area contributed by atoms with Gasteiger partial charge in [-0.15, -0.1) is 0 Å². The van der Waals surface area contributed by atoms with E-state index in [9.17, 15) is 0 Å². The number of para-hydroxylation sites is 1. The second-order valence-corrected chi connectivity index (χ2v) is 4.76. The minimum atomic E-state index is 0.608. The number of hydrogen-bond acceptors (Lipinski definition) is 1. The summed E-state index contributed by atoms with van der Waals surface area (Å²) in [5.74, 6) is 0. The van der Waals surface area contributed by atoms with Gasteiger partial charge >= 0.3 is 0 Å². The number of benzene rings is 1. The molecule has 0 bridgehead atoms. The van der Waals surface area contributed by atoms with Crippen LogP contribution in [0.2, 0.25) is 0 Å². The van der Waals surface area contributed by atoms with Gasteiger partial charge in [-0.25, -0.2) is 0 Å². The van der Waals surface area contributed by atoms with E-state index in [0.717, 1.165) is 13.1 Å². The largest absolute Gasteiger partial charge is 0.344 e. The molecule has 1 aromatic heterocycles. The SMILES string of the molecule is CCC(C)NCCn1c(C)cc2ccccc21. The van der Waals surface area contributed by atoms with Gasteiger partial charge < -0.3 is 9.88 Å². The molecule has 0 aliphatic heterocycles. The van der Waals surface area contributed by atoms with Crippen LogP contribution in [-0.4, -0.2) is 17.2 Å². The van der Waals surface area contributed by atoms with Crippen LogP contribution >= 0.6 is 0 Å². The molecule has 1 heterocycles. The Hall–Kier alpha value is -1.28. The first-order chi connectivity index (χ1) is 8.22. The summed E-state index contributed by atoms with van der Waals surface area (Å²) in [5.41, 5.74) is 2.69. The monoisotopic (exact) mass is 230 g/mol. The van der Waals surface area contributed by atoms with Gasteiger partial charge in [0, 0.05) is 30.3 Å². The number of aromatic nitrogens is 1. The minimum Gasteiger partial charge on any atom is -0.344 e. The van der Waals surface area contributed by atoms with Crippen molar-refractivity contribution in [1.82, 2.24) is 9.88 Å². The van der Waals surface area contributed by atoms with E-state index in [0.29, 0.717) is 6.04 Å². The predicted octanol–water partition coefficient (Wildman–Crippen LogP) is 3.34. The number of hydrogen-bond donors (Lipinski definition) is 1. The maximum absolute atomic E-state index is 3.54. The Kier molecular flexibility index (Phi) is 3.85. The molecule has 1 atom stereocenters. The summed E-state index contributed by atoms with van der Waals surface area (Å²) in [6, 6.07) is 11.5. The van der Waals surface area contributed by atoms with Gasteiger partial charge in [-0.2, -0.15) is 0 Å². The molecule has 0 saturated carbocycles. The Morgan fingerprint density at radius 1 is 1.29 bits per heavy atom. The van der Waals surface area contributed by atoms with E-state index in [2.05, 4.69) is 61.0 Å². The van der Waals surface area contributed by atoms with Crippen molar-refractivity contribution in [2.75, 3.05) is 6.54 Å². The highest BCUT2D eigenvalue weighted by Gasteiger charge is 2.04. The molecule has 1 N–H and O–H groups in total. The third-order valence-corrected chi connectivity index (χ3v) is 3.46. The average Bonchev–Trinajstić information content (AvgIpc) is 2.66. The first-order valence-corrected chi connectivity index (χ1v) is 6.50. The van der Waals surface area contributed by atoms with Gasteiger partial charge in [0.25, 0.3) is 0 Å². The van der Waals surface area contributed by atoms with Crippen LogP contribution in [0.4, 0.5) is 0 Å². The molecule has 0 radical (unpaired) electrons. The van der Waals surface area contributed by atoms with Crippen molar-refractivity contribution >= 4 is 10.9 Å². The standard InChI is InChI=1S/C15H22N2/c1-4-12(2)16-9-10-17-13(3)11-14-7-5-6-8-15(14)17/h5-8,11-12,16H,4,9-10H2,1-3H3. The van der Waals surface area contributed by atoms with E-state index >= 15 is 0 Å². The van der Waals surface area contributed by atoms with Crippen LogP contribution in [0.25, 0.3) is 10.9 Å². The average molecular weight is 230 g/mol. The van der Waals surface area contributed by atoms with Crippen molar-refractivity contribution in [3.8, 4) is 0 Å². The van der Waals surface area contributed by atoms with Gasteiger partial charge in [0.15, 0.2) is 0 Å². The van der Waals surface area contributed by atoms with E-state index in [1.165, 1.54) is 23.0 Å². The lowest BCUT2D eigenvalue weighted by Crippen LogP contribution is -2.28. The maximum Gasteiger partial charge on any atom is 0.0482 e. The van der Waals surface area contributed by atoms with Gasteiger partial charge in [0.1, 0.15) is 0 Å². The highest BCUT2D eigenvalue weighted by atomic mass is 15.0. The van der Waals surface area contributed by atoms with Gasteiger partial charge in [-0.1, -0.05) is 25.1 Å². The molecule has 2 rings (SSSR count). The third kappa shape index (κ3) is 2.70. The zero-order valence-electron chi connectivity index (χ0n) is 11.0. The number of fused-ring (bicyclic) bond motifs is 1. The van der Waals surface area contributed by atoms with Crippen LogP contribution in [0, 0.1) is 6.92 Å². The lowest BCUT2D eigenvalue weighted by Gasteiger charge is -2.13. The zero-order valence-corrected chi connectivity index (χ0v) is 11.0. The summed E-state index contributed by atoms with van der Waals surface area (Å²) in [6.45, 7) is 8.72. The van der Waals surface area contributed by atoms with Crippen molar-refractivity contribution in [3.05, 3.63) is 36.0 Å². The van der Waals surface area contributed by atoms with Crippen LogP contribution in [0.15, 0.2) is 30.3 Å². The van der Waals surface area contributed by atoms with Gasteiger partial charge in [0.05, 0.1) is 0 Å². The predicted molar refractivity (Wildman–Crippen MR) is 74.4 cm³/mol. The molecule has 2 aromatic rings. The van der Waals surface area contributed by atoms with E-state index < -0.39 is 0 Å². The number of nitrogens with one attached hydrogen (secondary N) is 1. The molecule has 17 heavy (non-hydrogen) atoms. The van der Waals surface area contributed by atoms with Crippen molar-refractivity contribution in [2.24, 2.45) is 0 Å². The summed E-state index contributed by atoms with van der Waals surface area (Å²) in [7, 11) is 0. The summed E-state index contributed by atoms with van der Waals surface area (Å²) < 4.78 is 2.39. The lowest BCUT2D eigenvalue weighted by molar-refractivity contribution is 0.506. The number of nitrogens with zero attached hydrogens (tertiary/aromatic N) is 1. The van der Waals surface area contributed by atoms with Crippen LogP contribution in [-0.2, 0) is 6.54 Å². The molecule has 0 fully saturated rings. The second-order valence-electron chi connectivity index (χ2n) is 4.76. The van der Waals surface area contributed by atoms with Crippen LogP contribution < -0.4 is 5.32 Å². The third-order valence-electron chi connectivity index (χ3n) is 3.46. The van der Waals surface area contributed by atoms with Gasteiger partial charge in [-0.05, 0) is 37.8 Å². The Morgan fingerprint density at radius 3 is 2.82 bits per heavy atom. The summed E-state index contributed by atoms with van der Waals surface area (Å²) >= 11 is 0. The molecule has 1 aromatic carbocycles. The summed E-state index contributed by atoms with van der Waals surface area (Å²) in [5, 5.41) is 4.88. The minimum absolute atomic E-state index is 0.608. The Bertz CT molecular complexity index is 485. The Balaban J connectivity index is 2.10. The van der Waals surface area contributed by atoms with E-state index in [1.807, 2.05) is 0 Å². The molecule has 2 nitrogen and oxygen atoms in total. The maximum atomic E-state index is 3.54. The summed E-state index contributed by atoms with van der Waals surface area (Å²) in [6.07, 6.45) is 1.19. The summed E-state index contributed by atoms with van der Waals surface area (Å²) in [4.78, 5) is 0. The van der Waals surface area contributed by atoms with Gasteiger partial charge in [-0.3, -0.25) is 0 Å². The lowest BCUT2D eigenvalue weighted by atomic mass is 10.2. The fraction of sp³-hybridized carbons (Fsp3) is 0.467. The molecule has 0 spiro atoms. The van der Waals surface area contributed by atoms with Crippen LogP contribution in [0.3, 0.4) is 0 Å². The van der Waals surface area contributed by atoms with Crippen molar-refractivity contribution in [2.45, 2.75) is 39.8 Å². The molecule has 0 amide bonds. The van der Waals surface area contributed by atoms with Crippen molar-refractivity contribution in [3.63, 3.8) is 0 Å². The number of rotatable bonds is 5. The van der Waals surface area contributed by atoms with Crippen LogP contribution in [0.1, 0.15) is 26.0 Å². The molecular formula is C15H22N2. The Labute approximate surface area is 104 Å². The van der Waals surface area contributed by atoms with Crippen LogP contribution in [0.5, 0.6) is 0 Å². The first kappa shape index (κ1) is 12.2. The quantitative estimate of drug-likeness (QED) is 0.833. The normalized spacial score (nSPS) is 13.1. The highest BCUT2D eigenvalue weighted by Crippen LogP contribution is 2.18. The molecule has 0 saturated heterocycles. The molecule has 1 unspecified atom stereocenters. The van der Waals surface area contributed by atoms with Crippen molar-refractivity contribution < 1.29 is 0 Å². The first-order valence-electron chi connectivity index (χ1n) is 6.50. The van der Waals surface area contributed by atoms with Gasteiger partial charge in [0.2, 0.25) is 0 Å². The van der Waals surface area contributed by atoms with Crippen molar-refractivity contribution in [1.29, 1.82) is 0 Å². The zero-order chi connectivity index (χ0) is 12.3. The Morgan fingerprint density at radius 2 is 2.06 bits per heavy atom. The van der Waals surface area contributed by atoms with E-state index in [1.54, 1.807) is 0 Å². The van der Waals surface area contributed by atoms with E-state index in [-0.39, 0.29) is 0 Å². The fourth-order valence-corrected chi connectivity index (χ4v) is 2.21.